The number of carbonyl (C=O) groups excluding carboxylic acids is 1. The van der Waals surface area contributed by atoms with Gasteiger partial charge in [-0.25, -0.2) is 4.39 Å². The number of H-pyrrole nitrogens is 1. The summed E-state index contributed by atoms with van der Waals surface area (Å²) < 4.78 is 12.6. The van der Waals surface area contributed by atoms with Crippen molar-refractivity contribution in [2.24, 2.45) is 0 Å². The molecule has 2 rings (SSSR count). The Labute approximate surface area is 89.9 Å². The van der Waals surface area contributed by atoms with E-state index in [1.807, 2.05) is 16.8 Å². The summed E-state index contributed by atoms with van der Waals surface area (Å²) in [7, 11) is 0. The highest BCUT2D eigenvalue weighted by molar-refractivity contribution is 7.07. The van der Waals surface area contributed by atoms with E-state index in [1.54, 1.807) is 11.3 Å². The fourth-order valence-electron chi connectivity index (χ4n) is 1.17. The van der Waals surface area contributed by atoms with Gasteiger partial charge in [0, 0.05) is 18.8 Å². The van der Waals surface area contributed by atoms with Crippen LogP contribution in [-0.4, -0.2) is 10.9 Å². The Balaban J connectivity index is 1.93. The summed E-state index contributed by atoms with van der Waals surface area (Å²) in [5, 5.41) is 6.58. The van der Waals surface area contributed by atoms with E-state index >= 15 is 0 Å². The molecule has 0 radical (unpaired) electrons. The first-order valence-corrected chi connectivity index (χ1v) is 5.33. The minimum Gasteiger partial charge on any atom is -0.355 e. The number of carbonyl (C=O) groups is 1. The maximum absolute atomic E-state index is 12.6. The molecule has 3 nitrogen and oxygen atoms in total. The molecule has 2 heterocycles. The van der Waals surface area contributed by atoms with Crippen LogP contribution in [0.2, 0.25) is 0 Å². The van der Waals surface area contributed by atoms with E-state index in [-0.39, 0.29) is 11.6 Å². The van der Waals surface area contributed by atoms with Crippen LogP contribution >= 0.6 is 11.3 Å². The first-order chi connectivity index (χ1) is 7.25. The molecule has 0 bridgehead atoms. The molecule has 5 heteroatoms. The van der Waals surface area contributed by atoms with Crippen LogP contribution in [0.5, 0.6) is 0 Å². The van der Waals surface area contributed by atoms with Crippen LogP contribution in [0.4, 0.5) is 4.39 Å². The van der Waals surface area contributed by atoms with E-state index in [0.29, 0.717) is 6.54 Å². The SMILES string of the molecule is O=C(NCc1ccsc1)c1cc(F)c[nH]1. The average Bonchev–Trinajstić information content (AvgIpc) is 2.84. The highest BCUT2D eigenvalue weighted by atomic mass is 32.1. The second kappa shape index (κ2) is 4.27. The van der Waals surface area contributed by atoms with E-state index in [4.69, 9.17) is 0 Å². The lowest BCUT2D eigenvalue weighted by Crippen LogP contribution is -2.22. The summed E-state index contributed by atoms with van der Waals surface area (Å²) >= 11 is 1.57. The second-order valence-electron chi connectivity index (χ2n) is 3.05. The molecule has 0 spiro atoms. The number of halogens is 1. The third kappa shape index (κ3) is 2.44. The van der Waals surface area contributed by atoms with Crippen LogP contribution in [0.25, 0.3) is 0 Å². The molecule has 0 aliphatic carbocycles. The minimum absolute atomic E-state index is 0.239. The van der Waals surface area contributed by atoms with Crippen LogP contribution in [0.1, 0.15) is 16.1 Å². The highest BCUT2D eigenvalue weighted by Crippen LogP contribution is 2.06. The van der Waals surface area contributed by atoms with Crippen LogP contribution < -0.4 is 5.32 Å². The van der Waals surface area contributed by atoms with Gasteiger partial charge in [0.1, 0.15) is 11.5 Å². The predicted molar refractivity (Wildman–Crippen MR) is 56.2 cm³/mol. The van der Waals surface area contributed by atoms with Crippen LogP contribution in [-0.2, 0) is 6.54 Å². The van der Waals surface area contributed by atoms with E-state index in [0.717, 1.165) is 11.8 Å². The molecular weight excluding hydrogens is 215 g/mol. The zero-order chi connectivity index (χ0) is 10.7. The lowest BCUT2D eigenvalue weighted by molar-refractivity contribution is 0.0946. The van der Waals surface area contributed by atoms with Gasteiger partial charge in [0.15, 0.2) is 0 Å². The van der Waals surface area contributed by atoms with Crippen molar-refractivity contribution in [1.29, 1.82) is 0 Å². The number of rotatable bonds is 3. The molecular formula is C10H9FN2OS. The molecule has 0 unspecified atom stereocenters. The van der Waals surface area contributed by atoms with Gasteiger partial charge >= 0.3 is 0 Å². The lowest BCUT2D eigenvalue weighted by Gasteiger charge is -2.00. The van der Waals surface area contributed by atoms with Crippen LogP contribution in [0.3, 0.4) is 0 Å². The Morgan fingerprint density at radius 1 is 1.60 bits per heavy atom. The molecule has 2 aromatic heterocycles. The van der Waals surface area contributed by atoms with Gasteiger partial charge in [0.05, 0.1) is 0 Å². The van der Waals surface area contributed by atoms with Crippen molar-refractivity contribution in [3.05, 3.63) is 46.2 Å². The number of nitrogens with one attached hydrogen (secondary N) is 2. The summed E-state index contributed by atoms with van der Waals surface area (Å²) in [6, 6.07) is 3.10. The van der Waals surface area contributed by atoms with Gasteiger partial charge in [-0.15, -0.1) is 0 Å². The predicted octanol–water partition coefficient (Wildman–Crippen LogP) is 2.15. The van der Waals surface area contributed by atoms with Gasteiger partial charge < -0.3 is 10.3 Å². The normalized spacial score (nSPS) is 10.2. The van der Waals surface area contributed by atoms with E-state index in [9.17, 15) is 9.18 Å². The number of aromatic nitrogens is 1. The van der Waals surface area contributed by atoms with Gasteiger partial charge in [-0.2, -0.15) is 11.3 Å². The fourth-order valence-corrected chi connectivity index (χ4v) is 1.84. The molecule has 0 atom stereocenters. The first-order valence-electron chi connectivity index (χ1n) is 4.39. The molecule has 0 aliphatic heterocycles. The first kappa shape index (κ1) is 9.92. The van der Waals surface area contributed by atoms with Gasteiger partial charge in [-0.3, -0.25) is 4.79 Å². The number of hydrogen-bond acceptors (Lipinski definition) is 2. The maximum atomic E-state index is 12.6. The largest absolute Gasteiger partial charge is 0.355 e. The molecule has 0 aliphatic rings. The van der Waals surface area contributed by atoms with Gasteiger partial charge in [-0.05, 0) is 22.4 Å². The lowest BCUT2D eigenvalue weighted by atomic mass is 10.3. The molecule has 0 fully saturated rings. The van der Waals surface area contributed by atoms with Gasteiger partial charge in [0.25, 0.3) is 5.91 Å². The molecule has 0 aromatic carbocycles. The fraction of sp³-hybridized carbons (Fsp3) is 0.100. The van der Waals surface area contributed by atoms with E-state index in [2.05, 4.69) is 10.3 Å². The Hall–Kier alpha value is -1.62. The second-order valence-corrected chi connectivity index (χ2v) is 3.83. The highest BCUT2D eigenvalue weighted by Gasteiger charge is 2.07. The molecule has 2 aromatic rings. The molecule has 2 N–H and O–H groups in total. The van der Waals surface area contributed by atoms with Crippen molar-refractivity contribution in [3.8, 4) is 0 Å². The summed E-state index contributed by atoms with van der Waals surface area (Å²) in [6.07, 6.45) is 1.15. The summed E-state index contributed by atoms with van der Waals surface area (Å²) in [5.41, 5.74) is 1.28. The van der Waals surface area contributed by atoms with Crippen molar-refractivity contribution in [2.75, 3.05) is 0 Å². The number of aromatic amines is 1. The molecule has 0 saturated heterocycles. The minimum atomic E-state index is -0.435. The van der Waals surface area contributed by atoms with Crippen molar-refractivity contribution in [2.45, 2.75) is 6.54 Å². The Morgan fingerprint density at radius 2 is 2.47 bits per heavy atom. The van der Waals surface area contributed by atoms with Crippen molar-refractivity contribution >= 4 is 17.2 Å². The summed E-state index contributed by atoms with van der Waals surface area (Å²) in [6.45, 7) is 0.461. The van der Waals surface area contributed by atoms with E-state index in [1.165, 1.54) is 6.07 Å². The zero-order valence-corrected chi connectivity index (χ0v) is 8.60. The van der Waals surface area contributed by atoms with Crippen molar-refractivity contribution in [3.63, 3.8) is 0 Å². The number of hydrogen-bond donors (Lipinski definition) is 2. The van der Waals surface area contributed by atoms with Gasteiger partial charge in [0.2, 0.25) is 0 Å². The molecule has 0 saturated carbocycles. The Morgan fingerprint density at radius 3 is 3.07 bits per heavy atom. The zero-order valence-electron chi connectivity index (χ0n) is 7.79. The molecule has 15 heavy (non-hydrogen) atoms. The smallest absolute Gasteiger partial charge is 0.268 e. The van der Waals surface area contributed by atoms with Crippen molar-refractivity contribution < 1.29 is 9.18 Å². The summed E-state index contributed by atoms with van der Waals surface area (Å²) in [4.78, 5) is 14.0. The third-order valence-corrected chi connectivity index (χ3v) is 2.66. The number of amides is 1. The maximum Gasteiger partial charge on any atom is 0.268 e. The summed E-state index contributed by atoms with van der Waals surface area (Å²) in [5.74, 6) is -0.735. The monoisotopic (exact) mass is 224 g/mol. The van der Waals surface area contributed by atoms with Crippen LogP contribution in [0.15, 0.2) is 29.1 Å². The molecule has 1 amide bonds. The standard InChI is InChI=1S/C10H9FN2OS/c11-8-3-9(12-5-8)10(14)13-4-7-1-2-15-6-7/h1-3,5-6,12H,4H2,(H,13,14). The quantitative estimate of drug-likeness (QED) is 0.824. The molecule has 78 valence electrons. The topological polar surface area (TPSA) is 44.9 Å². The van der Waals surface area contributed by atoms with Gasteiger partial charge in [-0.1, -0.05) is 0 Å². The average molecular weight is 224 g/mol. The number of thiophene rings is 1. The van der Waals surface area contributed by atoms with Crippen molar-refractivity contribution in [1.82, 2.24) is 10.3 Å². The Bertz CT molecular complexity index is 450. The van der Waals surface area contributed by atoms with Crippen LogP contribution in [0, 0.1) is 5.82 Å². The third-order valence-electron chi connectivity index (χ3n) is 1.93. The van der Waals surface area contributed by atoms with E-state index < -0.39 is 5.82 Å². The Kier molecular flexibility index (Phi) is 2.82.